The normalized spacial score (nSPS) is 11.9. The zero-order valence-electron chi connectivity index (χ0n) is 11.4. The number of nitrogens with two attached hydrogens (primary N) is 1. The van der Waals surface area contributed by atoms with Crippen LogP contribution in [0.5, 0.6) is 5.75 Å². The molecule has 1 rings (SSSR count). The molecule has 0 saturated carbocycles. The predicted molar refractivity (Wildman–Crippen MR) is 72.4 cm³/mol. The van der Waals surface area contributed by atoms with Gasteiger partial charge in [-0.2, -0.15) is 0 Å². The Kier molecular flexibility index (Phi) is 6.11. The average molecular weight is 268 g/mol. The maximum atomic E-state index is 12.0. The third kappa shape index (κ3) is 4.11. The number of carbonyl (C=O) groups excluding carboxylic acids is 1. The molecule has 0 aliphatic rings. The van der Waals surface area contributed by atoms with Crippen LogP contribution < -0.4 is 15.8 Å². The lowest BCUT2D eigenvalue weighted by atomic mass is 10.1. The largest absolute Gasteiger partial charge is 0.495 e. The second kappa shape index (κ2) is 7.60. The van der Waals surface area contributed by atoms with Crippen molar-refractivity contribution in [3.05, 3.63) is 23.8 Å². The number of amides is 1. The Hall–Kier alpha value is -1.79. The van der Waals surface area contributed by atoms with Gasteiger partial charge in [0.15, 0.2) is 0 Å². The van der Waals surface area contributed by atoms with Crippen molar-refractivity contribution in [2.45, 2.75) is 6.10 Å². The van der Waals surface area contributed by atoms with Crippen molar-refractivity contribution in [2.24, 2.45) is 0 Å². The number of methoxy groups -OCH3 is 3. The molecule has 6 heteroatoms. The topological polar surface area (TPSA) is 82.8 Å². The minimum atomic E-state index is -0.269. The number of ether oxygens (including phenoxy) is 3. The van der Waals surface area contributed by atoms with Crippen LogP contribution in [0.15, 0.2) is 18.2 Å². The number of nitrogens with one attached hydrogen (secondary N) is 1. The van der Waals surface area contributed by atoms with Gasteiger partial charge in [-0.1, -0.05) is 6.07 Å². The van der Waals surface area contributed by atoms with Crippen LogP contribution in [0.25, 0.3) is 0 Å². The highest BCUT2D eigenvalue weighted by Gasteiger charge is 2.14. The number of para-hydroxylation sites is 1. The maximum absolute atomic E-state index is 12.0. The number of anilines is 1. The molecule has 1 amide bonds. The number of hydrogen-bond acceptors (Lipinski definition) is 5. The van der Waals surface area contributed by atoms with E-state index in [2.05, 4.69) is 5.32 Å². The zero-order chi connectivity index (χ0) is 14.3. The molecule has 1 aromatic rings. The van der Waals surface area contributed by atoms with Gasteiger partial charge in [-0.3, -0.25) is 4.79 Å². The first-order chi connectivity index (χ1) is 9.13. The van der Waals surface area contributed by atoms with E-state index in [1.54, 1.807) is 32.4 Å². The fourth-order valence-corrected chi connectivity index (χ4v) is 1.62. The van der Waals surface area contributed by atoms with E-state index in [1.807, 2.05) is 0 Å². The second-order valence-electron chi connectivity index (χ2n) is 3.94. The van der Waals surface area contributed by atoms with Gasteiger partial charge in [-0.15, -0.1) is 0 Å². The number of nitrogen functional groups attached to an aromatic ring is 1. The highest BCUT2D eigenvalue weighted by atomic mass is 16.5. The monoisotopic (exact) mass is 268 g/mol. The van der Waals surface area contributed by atoms with Crippen LogP contribution in [0.2, 0.25) is 0 Å². The van der Waals surface area contributed by atoms with Crippen molar-refractivity contribution in [1.82, 2.24) is 5.32 Å². The first-order valence-corrected chi connectivity index (χ1v) is 5.86. The SMILES string of the molecule is COCC(CNC(=O)c1cccc(OC)c1N)OC. The first kappa shape index (κ1) is 15.3. The number of carbonyl (C=O) groups is 1. The molecule has 0 bridgehead atoms. The minimum absolute atomic E-state index is 0.194. The molecular formula is C13H20N2O4. The second-order valence-corrected chi connectivity index (χ2v) is 3.94. The number of benzene rings is 1. The Morgan fingerprint density at radius 2 is 2.11 bits per heavy atom. The first-order valence-electron chi connectivity index (χ1n) is 5.86. The van der Waals surface area contributed by atoms with Gasteiger partial charge in [0, 0.05) is 20.8 Å². The van der Waals surface area contributed by atoms with Crippen LogP contribution in [-0.2, 0) is 9.47 Å². The lowest BCUT2D eigenvalue weighted by Gasteiger charge is -2.16. The number of rotatable bonds is 7. The van der Waals surface area contributed by atoms with E-state index in [9.17, 15) is 4.79 Å². The standard InChI is InChI=1S/C13H20N2O4/c1-17-8-9(18-2)7-15-13(16)10-5-4-6-11(19-3)12(10)14/h4-6,9H,7-8,14H2,1-3H3,(H,15,16). The molecule has 0 radical (unpaired) electrons. The highest BCUT2D eigenvalue weighted by molar-refractivity contribution is 6.00. The van der Waals surface area contributed by atoms with Gasteiger partial charge < -0.3 is 25.3 Å². The molecule has 0 aromatic heterocycles. The fourth-order valence-electron chi connectivity index (χ4n) is 1.62. The molecule has 0 saturated heterocycles. The van der Waals surface area contributed by atoms with Gasteiger partial charge in [-0.05, 0) is 12.1 Å². The van der Waals surface area contributed by atoms with Crippen molar-refractivity contribution < 1.29 is 19.0 Å². The lowest BCUT2D eigenvalue weighted by Crippen LogP contribution is -2.35. The summed E-state index contributed by atoms with van der Waals surface area (Å²) in [5, 5.41) is 2.75. The smallest absolute Gasteiger partial charge is 0.253 e. The predicted octanol–water partition coefficient (Wildman–Crippen LogP) is 0.669. The molecule has 0 heterocycles. The van der Waals surface area contributed by atoms with Crippen LogP contribution in [0.4, 0.5) is 5.69 Å². The van der Waals surface area contributed by atoms with Crippen LogP contribution in [0.3, 0.4) is 0 Å². The van der Waals surface area contributed by atoms with E-state index in [4.69, 9.17) is 19.9 Å². The summed E-state index contributed by atoms with van der Waals surface area (Å²) in [4.78, 5) is 12.0. The third-order valence-corrected chi connectivity index (χ3v) is 2.71. The maximum Gasteiger partial charge on any atom is 0.253 e. The lowest BCUT2D eigenvalue weighted by molar-refractivity contribution is 0.0285. The molecule has 1 unspecified atom stereocenters. The summed E-state index contributed by atoms with van der Waals surface area (Å²) >= 11 is 0. The number of hydrogen-bond donors (Lipinski definition) is 2. The van der Waals surface area contributed by atoms with E-state index >= 15 is 0 Å². The van der Waals surface area contributed by atoms with Gasteiger partial charge in [0.1, 0.15) is 5.75 Å². The molecule has 0 fully saturated rings. The van der Waals surface area contributed by atoms with Gasteiger partial charge >= 0.3 is 0 Å². The molecule has 3 N–H and O–H groups in total. The van der Waals surface area contributed by atoms with Crippen LogP contribution >= 0.6 is 0 Å². The zero-order valence-corrected chi connectivity index (χ0v) is 11.4. The minimum Gasteiger partial charge on any atom is -0.495 e. The fraction of sp³-hybridized carbons (Fsp3) is 0.462. The molecule has 0 aliphatic heterocycles. The van der Waals surface area contributed by atoms with Crippen molar-refractivity contribution >= 4 is 11.6 Å². The Morgan fingerprint density at radius 1 is 1.37 bits per heavy atom. The molecule has 1 aromatic carbocycles. The Bertz CT molecular complexity index is 423. The summed E-state index contributed by atoms with van der Waals surface area (Å²) in [5.41, 5.74) is 6.55. The van der Waals surface area contributed by atoms with Crippen LogP contribution in [0, 0.1) is 0 Å². The van der Waals surface area contributed by atoms with Gasteiger partial charge in [0.2, 0.25) is 0 Å². The molecule has 0 aliphatic carbocycles. The highest BCUT2D eigenvalue weighted by Crippen LogP contribution is 2.24. The van der Waals surface area contributed by atoms with E-state index in [0.29, 0.717) is 30.2 Å². The van der Waals surface area contributed by atoms with Crippen molar-refractivity contribution in [2.75, 3.05) is 40.2 Å². The van der Waals surface area contributed by atoms with E-state index in [1.165, 1.54) is 7.11 Å². The Morgan fingerprint density at radius 3 is 2.68 bits per heavy atom. The molecule has 19 heavy (non-hydrogen) atoms. The van der Waals surface area contributed by atoms with E-state index < -0.39 is 0 Å². The Labute approximate surface area is 112 Å². The molecule has 0 spiro atoms. The summed E-state index contributed by atoms with van der Waals surface area (Å²) < 4.78 is 15.2. The van der Waals surface area contributed by atoms with Crippen LogP contribution in [0.1, 0.15) is 10.4 Å². The van der Waals surface area contributed by atoms with Gasteiger partial charge in [0.05, 0.1) is 31.1 Å². The third-order valence-electron chi connectivity index (χ3n) is 2.71. The summed E-state index contributed by atoms with van der Waals surface area (Å²) in [5.74, 6) is 0.211. The van der Waals surface area contributed by atoms with Gasteiger partial charge in [-0.25, -0.2) is 0 Å². The van der Waals surface area contributed by atoms with Crippen LogP contribution in [-0.4, -0.2) is 46.5 Å². The van der Waals surface area contributed by atoms with Crippen molar-refractivity contribution in [1.29, 1.82) is 0 Å². The molecule has 6 nitrogen and oxygen atoms in total. The van der Waals surface area contributed by atoms with E-state index in [0.717, 1.165) is 0 Å². The molecular weight excluding hydrogens is 248 g/mol. The van der Waals surface area contributed by atoms with Crippen molar-refractivity contribution in [3.63, 3.8) is 0 Å². The summed E-state index contributed by atoms with van der Waals surface area (Å²) in [6.45, 7) is 0.754. The Balaban J connectivity index is 2.68. The molecule has 106 valence electrons. The van der Waals surface area contributed by atoms with Gasteiger partial charge in [0.25, 0.3) is 5.91 Å². The average Bonchev–Trinajstić information content (AvgIpc) is 2.43. The van der Waals surface area contributed by atoms with E-state index in [-0.39, 0.29) is 12.0 Å². The summed E-state index contributed by atoms with van der Waals surface area (Å²) in [7, 11) is 4.65. The summed E-state index contributed by atoms with van der Waals surface area (Å²) in [6, 6.07) is 5.06. The summed E-state index contributed by atoms with van der Waals surface area (Å²) in [6.07, 6.45) is -0.194. The molecule has 1 atom stereocenters. The quantitative estimate of drug-likeness (QED) is 0.710. The van der Waals surface area contributed by atoms with Crippen molar-refractivity contribution in [3.8, 4) is 5.75 Å².